The van der Waals surface area contributed by atoms with E-state index in [4.69, 9.17) is 4.74 Å². The van der Waals surface area contributed by atoms with E-state index in [1.807, 2.05) is 30.3 Å². The van der Waals surface area contributed by atoms with Gasteiger partial charge in [0.1, 0.15) is 5.56 Å². The van der Waals surface area contributed by atoms with Gasteiger partial charge in [-0.1, -0.05) is 30.3 Å². The molecule has 32 heavy (non-hydrogen) atoms. The number of fused-ring (bicyclic) bond motifs is 1. The summed E-state index contributed by atoms with van der Waals surface area (Å²) in [6.45, 7) is 3.33. The Labute approximate surface area is 186 Å². The van der Waals surface area contributed by atoms with Crippen molar-refractivity contribution in [3.63, 3.8) is 0 Å². The van der Waals surface area contributed by atoms with Crippen molar-refractivity contribution in [1.82, 2.24) is 14.4 Å². The van der Waals surface area contributed by atoms with Gasteiger partial charge in [-0.2, -0.15) is 0 Å². The molecule has 1 aromatic carbocycles. The quantitative estimate of drug-likeness (QED) is 0.676. The van der Waals surface area contributed by atoms with Gasteiger partial charge >= 0.3 is 5.97 Å². The Morgan fingerprint density at radius 3 is 2.53 bits per heavy atom. The topological polar surface area (TPSA) is 88.9 Å². The van der Waals surface area contributed by atoms with Crippen LogP contribution in [0.2, 0.25) is 0 Å². The highest BCUT2D eigenvalue weighted by Crippen LogP contribution is 2.25. The van der Waals surface area contributed by atoms with E-state index in [0.717, 1.165) is 11.1 Å². The van der Waals surface area contributed by atoms with E-state index >= 15 is 0 Å². The highest BCUT2D eigenvalue weighted by Gasteiger charge is 2.35. The van der Waals surface area contributed by atoms with Crippen LogP contribution in [-0.4, -0.2) is 58.9 Å². The van der Waals surface area contributed by atoms with Crippen LogP contribution >= 0.6 is 0 Å². The van der Waals surface area contributed by atoms with Gasteiger partial charge in [-0.25, -0.2) is 0 Å². The second-order valence-corrected chi connectivity index (χ2v) is 8.38. The van der Waals surface area contributed by atoms with Gasteiger partial charge in [0, 0.05) is 39.3 Å². The molecule has 0 aliphatic carbocycles. The van der Waals surface area contributed by atoms with Gasteiger partial charge in [0.25, 0.3) is 11.5 Å². The number of nitrogens with zero attached hydrogens (tertiary/aromatic N) is 3. The second-order valence-electron chi connectivity index (χ2n) is 8.38. The molecule has 168 valence electrons. The van der Waals surface area contributed by atoms with E-state index in [-0.39, 0.29) is 41.4 Å². The number of ether oxygens (including phenoxy) is 1. The molecule has 2 aliphatic heterocycles. The maximum Gasteiger partial charge on any atom is 0.310 e. The third-order valence-corrected chi connectivity index (χ3v) is 6.33. The fourth-order valence-corrected chi connectivity index (χ4v) is 4.56. The molecular weight excluding hydrogens is 410 g/mol. The Kier molecular flexibility index (Phi) is 6.12. The predicted octanol–water partition coefficient (Wildman–Crippen LogP) is 1.44. The molecule has 8 heteroatoms. The molecule has 1 saturated heterocycles. The van der Waals surface area contributed by atoms with E-state index in [0.29, 0.717) is 44.6 Å². The smallest absolute Gasteiger partial charge is 0.310 e. The molecular formula is C24H27N3O5. The van der Waals surface area contributed by atoms with Gasteiger partial charge in [0.2, 0.25) is 5.91 Å². The highest BCUT2D eigenvalue weighted by molar-refractivity contribution is 5.96. The third-order valence-electron chi connectivity index (χ3n) is 6.33. The average Bonchev–Trinajstić information content (AvgIpc) is 3.29. The number of pyridine rings is 1. The summed E-state index contributed by atoms with van der Waals surface area (Å²) < 4.78 is 6.38. The van der Waals surface area contributed by atoms with Gasteiger partial charge in [-0.15, -0.1) is 0 Å². The summed E-state index contributed by atoms with van der Waals surface area (Å²) in [6, 6.07) is 9.57. The number of methoxy groups -OCH3 is 1. The zero-order valence-electron chi connectivity index (χ0n) is 18.4. The number of esters is 1. The molecule has 0 spiro atoms. The van der Waals surface area contributed by atoms with Gasteiger partial charge in [-0.3, -0.25) is 19.2 Å². The Balaban J connectivity index is 1.73. The first kappa shape index (κ1) is 21.8. The average molecular weight is 437 g/mol. The van der Waals surface area contributed by atoms with Crippen LogP contribution in [0.5, 0.6) is 0 Å². The Morgan fingerprint density at radius 1 is 1.09 bits per heavy atom. The molecule has 1 fully saturated rings. The normalized spacial score (nSPS) is 17.8. The molecule has 0 bridgehead atoms. The molecule has 0 saturated carbocycles. The largest absolute Gasteiger partial charge is 0.469 e. The maximum atomic E-state index is 13.5. The zero-order chi connectivity index (χ0) is 22.8. The number of amides is 2. The predicted molar refractivity (Wildman–Crippen MR) is 117 cm³/mol. The zero-order valence-corrected chi connectivity index (χ0v) is 18.4. The lowest BCUT2D eigenvalue weighted by Gasteiger charge is -2.30. The molecule has 8 nitrogen and oxygen atoms in total. The van der Waals surface area contributed by atoms with E-state index < -0.39 is 0 Å². The van der Waals surface area contributed by atoms with Crippen LogP contribution in [0.3, 0.4) is 0 Å². The molecule has 0 N–H and O–H groups in total. The van der Waals surface area contributed by atoms with E-state index in [9.17, 15) is 19.2 Å². The summed E-state index contributed by atoms with van der Waals surface area (Å²) >= 11 is 0. The molecule has 2 aliphatic rings. The van der Waals surface area contributed by atoms with Crippen molar-refractivity contribution in [3.8, 4) is 0 Å². The summed E-state index contributed by atoms with van der Waals surface area (Å²) in [5, 5.41) is 0. The van der Waals surface area contributed by atoms with Crippen LogP contribution in [-0.2, 0) is 33.8 Å². The van der Waals surface area contributed by atoms with Crippen molar-refractivity contribution in [2.45, 2.75) is 32.9 Å². The lowest BCUT2D eigenvalue weighted by molar-refractivity contribution is -0.144. The van der Waals surface area contributed by atoms with Gasteiger partial charge in [0.05, 0.1) is 19.6 Å². The number of benzene rings is 1. The fourth-order valence-electron chi connectivity index (χ4n) is 4.56. The lowest BCUT2D eigenvalue weighted by Crippen LogP contribution is -2.41. The van der Waals surface area contributed by atoms with Gasteiger partial charge < -0.3 is 19.1 Å². The first-order valence-corrected chi connectivity index (χ1v) is 10.8. The molecule has 0 radical (unpaired) electrons. The van der Waals surface area contributed by atoms with Crippen molar-refractivity contribution in [3.05, 3.63) is 69.1 Å². The van der Waals surface area contributed by atoms with E-state index in [2.05, 4.69) is 0 Å². The van der Waals surface area contributed by atoms with Crippen molar-refractivity contribution >= 4 is 17.8 Å². The third kappa shape index (κ3) is 4.17. The van der Waals surface area contributed by atoms with E-state index in [1.54, 1.807) is 20.6 Å². The van der Waals surface area contributed by atoms with Crippen LogP contribution in [0.15, 0.2) is 41.3 Å². The van der Waals surface area contributed by atoms with E-state index in [1.165, 1.54) is 14.0 Å². The minimum Gasteiger partial charge on any atom is -0.469 e. The van der Waals surface area contributed by atoms with Crippen molar-refractivity contribution in [2.24, 2.45) is 5.92 Å². The van der Waals surface area contributed by atoms with Crippen molar-refractivity contribution in [2.75, 3.05) is 26.7 Å². The number of carbonyl (C=O) groups is 3. The summed E-state index contributed by atoms with van der Waals surface area (Å²) in [7, 11) is 1.34. The summed E-state index contributed by atoms with van der Waals surface area (Å²) in [4.78, 5) is 54.1. The summed E-state index contributed by atoms with van der Waals surface area (Å²) in [5.41, 5.74) is 2.29. The molecule has 2 amide bonds. The van der Waals surface area contributed by atoms with Crippen LogP contribution in [0.1, 0.15) is 40.4 Å². The first-order valence-electron chi connectivity index (χ1n) is 10.8. The molecule has 4 rings (SSSR count). The molecule has 1 unspecified atom stereocenters. The van der Waals surface area contributed by atoms with Crippen LogP contribution in [0.25, 0.3) is 0 Å². The van der Waals surface area contributed by atoms with Crippen LogP contribution in [0, 0.1) is 5.92 Å². The van der Waals surface area contributed by atoms with Crippen LogP contribution < -0.4 is 5.56 Å². The Morgan fingerprint density at radius 2 is 1.84 bits per heavy atom. The van der Waals surface area contributed by atoms with Gasteiger partial charge in [-0.05, 0) is 29.5 Å². The number of hydrogen-bond donors (Lipinski definition) is 0. The summed E-state index contributed by atoms with van der Waals surface area (Å²) in [6.07, 6.45) is 2.74. The Hall–Kier alpha value is -3.42. The molecule has 2 aromatic rings. The van der Waals surface area contributed by atoms with Crippen molar-refractivity contribution < 1.29 is 19.1 Å². The van der Waals surface area contributed by atoms with Gasteiger partial charge in [0.15, 0.2) is 0 Å². The monoisotopic (exact) mass is 437 g/mol. The number of likely N-dealkylation sites (tertiary alicyclic amines) is 1. The fraction of sp³-hybridized carbons (Fsp3) is 0.417. The number of rotatable bonds is 4. The number of aromatic nitrogens is 1. The lowest BCUT2D eigenvalue weighted by atomic mass is 9.95. The minimum atomic E-state index is -0.372. The maximum absolute atomic E-state index is 13.5. The highest BCUT2D eigenvalue weighted by atomic mass is 16.5. The van der Waals surface area contributed by atoms with Crippen molar-refractivity contribution in [1.29, 1.82) is 0 Å². The SMILES string of the molecule is COC(=O)C1CCN(C(=O)c2c3c(cn(Cc4ccccc4)c2=O)CN(C(C)=O)CC3)C1. The summed E-state index contributed by atoms with van der Waals surface area (Å²) in [5.74, 6) is -1.10. The molecule has 1 atom stereocenters. The minimum absolute atomic E-state index is 0.0372. The standard InChI is InChI=1S/C24H27N3O5/c1-16(28)25-11-9-20-19(14-25)15-27(12-17-6-4-3-5-7-17)23(30)21(20)22(29)26-10-8-18(13-26)24(31)32-2/h3-7,15,18H,8-14H2,1-2H3. The number of hydrogen-bond acceptors (Lipinski definition) is 5. The number of carbonyl (C=O) groups excluding carboxylic acids is 3. The first-order chi connectivity index (χ1) is 15.4. The molecule has 3 heterocycles. The molecule has 1 aromatic heterocycles. The second kappa shape index (κ2) is 8.98. The Bertz CT molecular complexity index is 1110. The van der Waals surface area contributed by atoms with Crippen LogP contribution in [0.4, 0.5) is 0 Å².